The van der Waals surface area contributed by atoms with Crippen molar-refractivity contribution >= 4 is 5.97 Å². The van der Waals surface area contributed by atoms with Crippen LogP contribution < -0.4 is 9.47 Å². The number of hydrogen-bond donors (Lipinski definition) is 1. The Hall–Kier alpha value is -1.71. The Labute approximate surface area is 92.8 Å². The van der Waals surface area contributed by atoms with Gasteiger partial charge in [0.1, 0.15) is 0 Å². The summed E-state index contributed by atoms with van der Waals surface area (Å²) < 4.78 is 10.6. The predicted molar refractivity (Wildman–Crippen MR) is 55.8 cm³/mol. The summed E-state index contributed by atoms with van der Waals surface area (Å²) in [5, 5.41) is 8.91. The van der Waals surface area contributed by atoms with Gasteiger partial charge in [0.25, 0.3) is 0 Å². The van der Waals surface area contributed by atoms with E-state index in [1.54, 1.807) is 0 Å². The number of hydrogen-bond acceptors (Lipinski definition) is 3. The lowest BCUT2D eigenvalue weighted by Gasteiger charge is -2.06. The molecular weight excluding hydrogens is 208 g/mol. The van der Waals surface area contributed by atoms with Crippen LogP contribution in [0, 0.1) is 12.8 Å². The van der Waals surface area contributed by atoms with Crippen LogP contribution in [0.4, 0.5) is 0 Å². The number of aliphatic carboxylic acids is 1. The fourth-order valence-corrected chi connectivity index (χ4v) is 2.27. The van der Waals surface area contributed by atoms with E-state index in [9.17, 15) is 4.79 Å². The number of rotatable bonds is 2. The molecule has 0 saturated heterocycles. The molecule has 2 atom stereocenters. The fraction of sp³-hybridized carbons (Fsp3) is 0.417. The van der Waals surface area contributed by atoms with E-state index in [4.69, 9.17) is 14.6 Å². The molecule has 0 spiro atoms. The third kappa shape index (κ3) is 1.33. The smallest absolute Gasteiger partial charge is 0.307 e. The summed E-state index contributed by atoms with van der Waals surface area (Å²) >= 11 is 0. The van der Waals surface area contributed by atoms with Crippen molar-refractivity contribution < 1.29 is 19.4 Å². The molecule has 4 heteroatoms. The highest BCUT2D eigenvalue weighted by Crippen LogP contribution is 2.50. The normalized spacial score (nSPS) is 25.6. The van der Waals surface area contributed by atoms with Gasteiger partial charge in [0.15, 0.2) is 11.5 Å². The summed E-state index contributed by atoms with van der Waals surface area (Å²) in [5.41, 5.74) is 2.16. The van der Waals surface area contributed by atoms with Crippen molar-refractivity contribution in [2.45, 2.75) is 19.3 Å². The van der Waals surface area contributed by atoms with Crippen LogP contribution in [0.25, 0.3) is 0 Å². The van der Waals surface area contributed by atoms with E-state index in [2.05, 4.69) is 0 Å². The molecule has 0 aromatic heterocycles. The molecule has 1 N–H and O–H groups in total. The van der Waals surface area contributed by atoms with Crippen molar-refractivity contribution in [2.24, 2.45) is 5.92 Å². The Bertz CT molecular complexity index is 466. The van der Waals surface area contributed by atoms with E-state index in [0.717, 1.165) is 29.0 Å². The minimum Gasteiger partial charge on any atom is -0.481 e. The number of ether oxygens (including phenoxy) is 2. The van der Waals surface area contributed by atoms with E-state index in [1.165, 1.54) is 0 Å². The first-order valence-electron chi connectivity index (χ1n) is 5.30. The van der Waals surface area contributed by atoms with Crippen molar-refractivity contribution in [3.05, 3.63) is 23.3 Å². The molecule has 0 amide bonds. The van der Waals surface area contributed by atoms with E-state index >= 15 is 0 Å². The van der Waals surface area contributed by atoms with Crippen LogP contribution >= 0.6 is 0 Å². The second-order valence-electron chi connectivity index (χ2n) is 4.35. The quantitative estimate of drug-likeness (QED) is 0.827. The molecule has 1 aliphatic heterocycles. The van der Waals surface area contributed by atoms with Gasteiger partial charge in [0.05, 0.1) is 5.92 Å². The highest BCUT2D eigenvalue weighted by molar-refractivity contribution is 5.75. The Balaban J connectivity index is 1.94. The van der Waals surface area contributed by atoms with E-state index in [-0.39, 0.29) is 18.6 Å². The number of fused-ring (bicyclic) bond motifs is 1. The third-order valence-corrected chi connectivity index (χ3v) is 3.27. The average molecular weight is 220 g/mol. The summed E-state index contributed by atoms with van der Waals surface area (Å²) in [4.78, 5) is 10.8. The van der Waals surface area contributed by atoms with Gasteiger partial charge in [-0.05, 0) is 42.5 Å². The fourth-order valence-electron chi connectivity index (χ4n) is 2.27. The first-order chi connectivity index (χ1) is 7.66. The Morgan fingerprint density at radius 2 is 2.06 bits per heavy atom. The predicted octanol–water partition coefficient (Wildman–Crippen LogP) is 1.91. The molecule has 1 fully saturated rings. The molecule has 1 heterocycles. The Morgan fingerprint density at radius 3 is 2.69 bits per heavy atom. The van der Waals surface area contributed by atoms with E-state index < -0.39 is 5.97 Å². The van der Waals surface area contributed by atoms with Crippen molar-refractivity contribution in [3.63, 3.8) is 0 Å². The van der Waals surface area contributed by atoms with Gasteiger partial charge in [-0.3, -0.25) is 4.79 Å². The molecule has 0 radical (unpaired) electrons. The molecule has 16 heavy (non-hydrogen) atoms. The summed E-state index contributed by atoms with van der Waals surface area (Å²) in [6.45, 7) is 2.24. The van der Waals surface area contributed by atoms with Gasteiger partial charge in [-0.1, -0.05) is 0 Å². The molecular formula is C12H12O4. The molecule has 1 aromatic carbocycles. The molecule has 1 aliphatic carbocycles. The lowest BCUT2D eigenvalue weighted by Crippen LogP contribution is -1.99. The van der Waals surface area contributed by atoms with Crippen LogP contribution in [0.2, 0.25) is 0 Å². The van der Waals surface area contributed by atoms with Gasteiger partial charge < -0.3 is 14.6 Å². The zero-order valence-electron chi connectivity index (χ0n) is 8.90. The molecule has 1 saturated carbocycles. The number of carboxylic acid groups (broad SMARTS) is 1. The maximum atomic E-state index is 10.8. The summed E-state index contributed by atoms with van der Waals surface area (Å²) in [6, 6.07) is 3.85. The lowest BCUT2D eigenvalue weighted by atomic mass is 10.0. The SMILES string of the molecule is Cc1cc2c(cc1C1CC1C(=O)O)OCO2. The Kier molecular flexibility index (Phi) is 1.87. The summed E-state index contributed by atoms with van der Waals surface area (Å²) in [6.07, 6.45) is 0.732. The number of aryl methyl sites for hydroxylation is 1. The number of carboxylic acids is 1. The minimum absolute atomic E-state index is 0.145. The first kappa shape index (κ1) is 9.51. The maximum absolute atomic E-state index is 10.8. The van der Waals surface area contributed by atoms with Crippen molar-refractivity contribution in [1.82, 2.24) is 0 Å². The van der Waals surface area contributed by atoms with Crippen LogP contribution in [-0.4, -0.2) is 17.9 Å². The third-order valence-electron chi connectivity index (χ3n) is 3.27. The topological polar surface area (TPSA) is 55.8 Å². The van der Waals surface area contributed by atoms with Crippen molar-refractivity contribution in [2.75, 3.05) is 6.79 Å². The largest absolute Gasteiger partial charge is 0.481 e. The Morgan fingerprint density at radius 1 is 1.38 bits per heavy atom. The van der Waals surface area contributed by atoms with E-state index in [0.29, 0.717) is 0 Å². The van der Waals surface area contributed by atoms with Gasteiger partial charge >= 0.3 is 5.97 Å². The first-order valence-corrected chi connectivity index (χ1v) is 5.30. The van der Waals surface area contributed by atoms with Crippen LogP contribution in [0.5, 0.6) is 11.5 Å². The van der Waals surface area contributed by atoms with Crippen molar-refractivity contribution in [1.29, 1.82) is 0 Å². The van der Waals surface area contributed by atoms with Crippen LogP contribution in [-0.2, 0) is 4.79 Å². The van der Waals surface area contributed by atoms with E-state index in [1.807, 2.05) is 19.1 Å². The monoisotopic (exact) mass is 220 g/mol. The average Bonchev–Trinajstić information content (AvgIpc) is 2.91. The molecule has 2 unspecified atom stereocenters. The standard InChI is InChI=1S/C12H12O4/c1-6-2-10-11(16-5-15-10)4-7(6)8-3-9(8)12(13)14/h2,4,8-9H,3,5H2,1H3,(H,13,14). The molecule has 84 valence electrons. The zero-order valence-corrected chi connectivity index (χ0v) is 8.90. The van der Waals surface area contributed by atoms with Gasteiger partial charge in [0.2, 0.25) is 6.79 Å². The van der Waals surface area contributed by atoms with Gasteiger partial charge in [-0.15, -0.1) is 0 Å². The number of carbonyl (C=O) groups is 1. The highest BCUT2D eigenvalue weighted by Gasteiger charge is 2.45. The van der Waals surface area contributed by atoms with Crippen LogP contribution in [0.15, 0.2) is 12.1 Å². The van der Waals surface area contributed by atoms with Crippen LogP contribution in [0.3, 0.4) is 0 Å². The van der Waals surface area contributed by atoms with Gasteiger partial charge in [0, 0.05) is 0 Å². The molecule has 0 bridgehead atoms. The second kappa shape index (κ2) is 3.14. The molecule has 1 aromatic rings. The summed E-state index contributed by atoms with van der Waals surface area (Å²) in [5.74, 6) is 0.707. The zero-order chi connectivity index (χ0) is 11.3. The summed E-state index contributed by atoms with van der Waals surface area (Å²) in [7, 11) is 0. The van der Waals surface area contributed by atoms with Gasteiger partial charge in [-0.2, -0.15) is 0 Å². The van der Waals surface area contributed by atoms with Gasteiger partial charge in [-0.25, -0.2) is 0 Å². The maximum Gasteiger partial charge on any atom is 0.307 e. The number of benzene rings is 1. The lowest BCUT2D eigenvalue weighted by molar-refractivity contribution is -0.138. The minimum atomic E-state index is -0.706. The molecule has 2 aliphatic rings. The highest BCUT2D eigenvalue weighted by atomic mass is 16.7. The van der Waals surface area contributed by atoms with Crippen LogP contribution in [0.1, 0.15) is 23.5 Å². The van der Waals surface area contributed by atoms with Crippen molar-refractivity contribution in [3.8, 4) is 11.5 Å². The molecule has 4 nitrogen and oxygen atoms in total. The second-order valence-corrected chi connectivity index (χ2v) is 4.35. The molecule has 3 rings (SSSR count).